The van der Waals surface area contributed by atoms with Crippen LogP contribution < -0.4 is 5.32 Å². The summed E-state index contributed by atoms with van der Waals surface area (Å²) in [5, 5.41) is 3.20. The smallest absolute Gasteiger partial charge is 0.0233 e. The van der Waals surface area contributed by atoms with Gasteiger partial charge in [0.15, 0.2) is 0 Å². The van der Waals surface area contributed by atoms with E-state index in [0.717, 1.165) is 19.5 Å². The average molecular weight is 246 g/mol. The molecule has 0 aliphatic carbocycles. The molecule has 1 aromatic carbocycles. The first-order valence-corrected chi connectivity index (χ1v) is 7.33. The van der Waals surface area contributed by atoms with E-state index in [1.807, 2.05) is 7.05 Å². The second kappa shape index (κ2) is 7.55. The number of rotatable bonds is 5. The highest BCUT2D eigenvalue weighted by molar-refractivity contribution is 5.22. The van der Waals surface area contributed by atoms with Crippen molar-refractivity contribution >= 4 is 0 Å². The number of hydrogen-bond acceptors (Lipinski definition) is 2. The second-order valence-electron chi connectivity index (χ2n) is 5.36. The van der Waals surface area contributed by atoms with Gasteiger partial charge in [0.25, 0.3) is 0 Å². The van der Waals surface area contributed by atoms with Gasteiger partial charge in [0.1, 0.15) is 0 Å². The van der Waals surface area contributed by atoms with E-state index in [9.17, 15) is 0 Å². The van der Waals surface area contributed by atoms with Crippen LogP contribution in [0, 0.1) is 0 Å². The minimum atomic E-state index is 1.06. The highest BCUT2D eigenvalue weighted by atomic mass is 15.1. The van der Waals surface area contributed by atoms with Crippen LogP contribution >= 0.6 is 0 Å². The summed E-state index contributed by atoms with van der Waals surface area (Å²) in [6, 6.07) is 9.17. The quantitative estimate of drug-likeness (QED) is 0.859. The molecule has 0 amide bonds. The molecule has 0 atom stereocenters. The van der Waals surface area contributed by atoms with E-state index < -0.39 is 0 Å². The van der Waals surface area contributed by atoms with Gasteiger partial charge in [-0.15, -0.1) is 0 Å². The molecule has 2 nitrogen and oxygen atoms in total. The molecule has 100 valence electrons. The van der Waals surface area contributed by atoms with Crippen molar-refractivity contribution in [2.45, 2.75) is 38.6 Å². The Morgan fingerprint density at radius 3 is 2.17 bits per heavy atom. The van der Waals surface area contributed by atoms with E-state index in [4.69, 9.17) is 0 Å². The summed E-state index contributed by atoms with van der Waals surface area (Å²) in [5.74, 6) is 0. The summed E-state index contributed by atoms with van der Waals surface area (Å²) in [4.78, 5) is 2.61. The molecule has 1 aliphatic heterocycles. The predicted octanol–water partition coefficient (Wildman–Crippen LogP) is 2.82. The van der Waals surface area contributed by atoms with Crippen molar-refractivity contribution < 1.29 is 0 Å². The number of nitrogens with one attached hydrogen (secondary N) is 1. The van der Waals surface area contributed by atoms with Crippen LogP contribution in [0.2, 0.25) is 0 Å². The van der Waals surface area contributed by atoms with E-state index in [-0.39, 0.29) is 0 Å². The molecule has 1 fully saturated rings. The van der Waals surface area contributed by atoms with Crippen molar-refractivity contribution in [1.29, 1.82) is 0 Å². The summed E-state index contributed by atoms with van der Waals surface area (Å²) < 4.78 is 0. The molecule has 0 unspecified atom stereocenters. The summed E-state index contributed by atoms with van der Waals surface area (Å²) >= 11 is 0. The first kappa shape index (κ1) is 13.6. The van der Waals surface area contributed by atoms with E-state index >= 15 is 0 Å². The maximum atomic E-state index is 3.20. The van der Waals surface area contributed by atoms with Crippen molar-refractivity contribution in [3.8, 4) is 0 Å². The Kier molecular flexibility index (Phi) is 5.69. The third kappa shape index (κ3) is 4.43. The maximum absolute atomic E-state index is 3.20. The number of nitrogens with zero attached hydrogens (tertiary/aromatic N) is 1. The van der Waals surface area contributed by atoms with Gasteiger partial charge in [-0.3, -0.25) is 4.90 Å². The van der Waals surface area contributed by atoms with E-state index in [0.29, 0.717) is 0 Å². The fourth-order valence-corrected chi connectivity index (χ4v) is 2.63. The van der Waals surface area contributed by atoms with Crippen LogP contribution in [0.4, 0.5) is 0 Å². The molecule has 0 spiro atoms. The summed E-state index contributed by atoms with van der Waals surface area (Å²) in [7, 11) is 2.01. The first-order valence-electron chi connectivity index (χ1n) is 7.33. The number of hydrogen-bond donors (Lipinski definition) is 1. The molecule has 1 aromatic rings. The lowest BCUT2D eigenvalue weighted by atomic mass is 10.1. The van der Waals surface area contributed by atoms with Crippen molar-refractivity contribution in [3.63, 3.8) is 0 Å². The minimum Gasteiger partial charge on any atom is -0.319 e. The lowest BCUT2D eigenvalue weighted by Gasteiger charge is -2.19. The van der Waals surface area contributed by atoms with Gasteiger partial charge in [0, 0.05) is 6.54 Å². The Labute approximate surface area is 111 Å². The molecular weight excluding hydrogens is 220 g/mol. The summed E-state index contributed by atoms with van der Waals surface area (Å²) in [6.45, 7) is 4.75. The fourth-order valence-electron chi connectivity index (χ4n) is 2.63. The van der Waals surface area contributed by atoms with Crippen molar-refractivity contribution in [2.75, 3.05) is 26.7 Å². The van der Waals surface area contributed by atoms with E-state index in [1.54, 1.807) is 0 Å². The molecule has 0 aromatic heterocycles. The van der Waals surface area contributed by atoms with Gasteiger partial charge in [-0.05, 0) is 57.1 Å². The molecule has 1 N–H and O–H groups in total. The molecular formula is C16H26N2. The van der Waals surface area contributed by atoms with Crippen LogP contribution in [-0.2, 0) is 13.0 Å². The van der Waals surface area contributed by atoms with Crippen LogP contribution in [-0.4, -0.2) is 31.6 Å². The molecule has 1 heterocycles. The van der Waals surface area contributed by atoms with Crippen LogP contribution in [0.25, 0.3) is 0 Å². The fraction of sp³-hybridized carbons (Fsp3) is 0.625. The summed E-state index contributed by atoms with van der Waals surface area (Å²) in [6.07, 6.45) is 6.71. The highest BCUT2D eigenvalue weighted by Crippen LogP contribution is 2.13. The third-order valence-corrected chi connectivity index (χ3v) is 3.79. The molecule has 2 heteroatoms. The molecule has 0 bridgehead atoms. The highest BCUT2D eigenvalue weighted by Gasteiger charge is 2.09. The zero-order chi connectivity index (χ0) is 12.6. The van der Waals surface area contributed by atoms with Gasteiger partial charge in [0.2, 0.25) is 0 Å². The van der Waals surface area contributed by atoms with Crippen LogP contribution in [0.15, 0.2) is 24.3 Å². The second-order valence-corrected chi connectivity index (χ2v) is 5.36. The van der Waals surface area contributed by atoms with Crippen molar-refractivity contribution in [3.05, 3.63) is 35.4 Å². The monoisotopic (exact) mass is 246 g/mol. The average Bonchev–Trinajstić information content (AvgIpc) is 2.67. The Hall–Kier alpha value is -0.860. The van der Waals surface area contributed by atoms with E-state index in [2.05, 4.69) is 34.5 Å². The normalized spacial score (nSPS) is 17.6. The molecule has 0 saturated carbocycles. The molecule has 18 heavy (non-hydrogen) atoms. The van der Waals surface area contributed by atoms with Gasteiger partial charge >= 0.3 is 0 Å². The van der Waals surface area contributed by atoms with Crippen molar-refractivity contribution in [2.24, 2.45) is 0 Å². The van der Waals surface area contributed by atoms with Crippen molar-refractivity contribution in [1.82, 2.24) is 10.2 Å². The first-order chi connectivity index (χ1) is 8.88. The lowest BCUT2D eigenvalue weighted by molar-refractivity contribution is 0.277. The SMILES string of the molecule is CNCCc1ccc(CN2CCCCCC2)cc1. The number of benzene rings is 1. The standard InChI is InChI=1S/C16H26N2/c1-17-11-10-15-6-8-16(9-7-15)14-18-12-4-2-3-5-13-18/h6-9,17H,2-5,10-14H2,1H3. The summed E-state index contributed by atoms with van der Waals surface area (Å²) in [5.41, 5.74) is 2.90. The van der Waals surface area contributed by atoms with Crippen LogP contribution in [0.1, 0.15) is 36.8 Å². The lowest BCUT2D eigenvalue weighted by Crippen LogP contribution is -2.23. The van der Waals surface area contributed by atoms with Gasteiger partial charge in [-0.1, -0.05) is 37.1 Å². The number of likely N-dealkylation sites (tertiary alicyclic amines) is 1. The Morgan fingerprint density at radius 1 is 0.944 bits per heavy atom. The van der Waals surface area contributed by atoms with Crippen LogP contribution in [0.3, 0.4) is 0 Å². The van der Waals surface area contributed by atoms with E-state index in [1.165, 1.54) is 49.9 Å². The topological polar surface area (TPSA) is 15.3 Å². The molecule has 2 rings (SSSR count). The predicted molar refractivity (Wildman–Crippen MR) is 77.8 cm³/mol. The Bertz CT molecular complexity index is 323. The minimum absolute atomic E-state index is 1.06. The van der Waals surface area contributed by atoms with Gasteiger partial charge in [0.05, 0.1) is 0 Å². The zero-order valence-corrected chi connectivity index (χ0v) is 11.6. The van der Waals surface area contributed by atoms with Crippen LogP contribution in [0.5, 0.6) is 0 Å². The van der Waals surface area contributed by atoms with Gasteiger partial charge in [-0.25, -0.2) is 0 Å². The molecule has 1 aliphatic rings. The third-order valence-electron chi connectivity index (χ3n) is 3.79. The molecule has 1 saturated heterocycles. The zero-order valence-electron chi connectivity index (χ0n) is 11.6. The van der Waals surface area contributed by atoms with Gasteiger partial charge in [-0.2, -0.15) is 0 Å². The number of likely N-dealkylation sites (N-methyl/N-ethyl adjacent to an activating group) is 1. The Balaban J connectivity index is 1.84. The Morgan fingerprint density at radius 2 is 1.56 bits per heavy atom. The maximum Gasteiger partial charge on any atom is 0.0233 e. The molecule has 0 radical (unpaired) electrons. The largest absolute Gasteiger partial charge is 0.319 e. The van der Waals surface area contributed by atoms with Gasteiger partial charge < -0.3 is 5.32 Å².